The number of carbonyl (C=O) groups excluding carboxylic acids is 1. The van der Waals surface area contributed by atoms with Gasteiger partial charge in [-0.1, -0.05) is 17.7 Å². The van der Waals surface area contributed by atoms with Gasteiger partial charge in [-0.05, 0) is 51.0 Å². The predicted molar refractivity (Wildman–Crippen MR) is 133 cm³/mol. The third kappa shape index (κ3) is 3.86. The number of aromatic amines is 1. The third-order valence-corrected chi connectivity index (χ3v) is 6.95. The summed E-state index contributed by atoms with van der Waals surface area (Å²) in [6.07, 6.45) is 3.92. The van der Waals surface area contributed by atoms with E-state index >= 15 is 0 Å². The van der Waals surface area contributed by atoms with Gasteiger partial charge in [0.05, 0.1) is 22.5 Å². The summed E-state index contributed by atoms with van der Waals surface area (Å²) in [7, 11) is 0. The first-order valence-electron chi connectivity index (χ1n) is 12.1. The molecule has 0 spiro atoms. The molecule has 0 bridgehead atoms. The monoisotopic (exact) mass is 469 g/mol. The number of fused-ring (bicyclic) bond motifs is 1. The number of piperazine rings is 1. The van der Waals surface area contributed by atoms with Crippen LogP contribution in [0.4, 0.5) is 5.82 Å². The largest absolute Gasteiger partial charge is 0.352 e. The molecule has 1 aromatic carbocycles. The minimum absolute atomic E-state index is 0.145. The second kappa shape index (κ2) is 8.33. The lowest BCUT2D eigenvalue weighted by Gasteiger charge is -2.35. The van der Waals surface area contributed by atoms with E-state index in [0.29, 0.717) is 48.8 Å². The second-order valence-corrected chi connectivity index (χ2v) is 9.46. The number of hydrogen-bond donors (Lipinski definition) is 1. The number of hydrogen-bond acceptors (Lipinski definition) is 6. The third-order valence-electron chi connectivity index (χ3n) is 6.95. The highest BCUT2D eigenvalue weighted by Gasteiger charge is 2.28. The van der Waals surface area contributed by atoms with Crippen LogP contribution in [0.15, 0.2) is 47.4 Å². The van der Waals surface area contributed by atoms with Crippen LogP contribution >= 0.6 is 0 Å². The summed E-state index contributed by atoms with van der Waals surface area (Å²) >= 11 is 0. The van der Waals surface area contributed by atoms with Gasteiger partial charge in [-0.25, -0.2) is 4.68 Å². The zero-order chi connectivity index (χ0) is 24.1. The van der Waals surface area contributed by atoms with Gasteiger partial charge >= 0.3 is 0 Å². The lowest BCUT2D eigenvalue weighted by atomic mass is 10.1. The topological polar surface area (TPSA) is 100 Å². The number of amides is 1. The highest BCUT2D eigenvalue weighted by molar-refractivity contribution is 5.97. The van der Waals surface area contributed by atoms with Gasteiger partial charge < -0.3 is 14.8 Å². The van der Waals surface area contributed by atoms with Gasteiger partial charge in [-0.3, -0.25) is 9.59 Å². The van der Waals surface area contributed by atoms with E-state index in [-0.39, 0.29) is 16.9 Å². The first kappa shape index (κ1) is 21.5. The summed E-state index contributed by atoms with van der Waals surface area (Å²) in [4.78, 5) is 33.7. The molecular formula is C26H27N7O2. The van der Waals surface area contributed by atoms with Crippen LogP contribution in [0.5, 0.6) is 0 Å². The Labute approximate surface area is 202 Å². The van der Waals surface area contributed by atoms with E-state index in [1.54, 1.807) is 16.5 Å². The van der Waals surface area contributed by atoms with Crippen molar-refractivity contribution < 1.29 is 4.79 Å². The normalized spacial score (nSPS) is 16.2. The van der Waals surface area contributed by atoms with Gasteiger partial charge in [0.1, 0.15) is 11.2 Å². The van der Waals surface area contributed by atoms with E-state index in [2.05, 4.69) is 31.2 Å². The van der Waals surface area contributed by atoms with E-state index in [1.165, 1.54) is 19.0 Å². The van der Waals surface area contributed by atoms with Crippen molar-refractivity contribution in [3.8, 4) is 5.69 Å². The Balaban J connectivity index is 1.21. The summed E-state index contributed by atoms with van der Waals surface area (Å²) in [6, 6.07) is 12.0. The number of anilines is 1. The molecule has 4 aromatic rings. The van der Waals surface area contributed by atoms with Gasteiger partial charge in [-0.2, -0.15) is 10.2 Å². The highest BCUT2D eigenvalue weighted by atomic mass is 16.2. The second-order valence-electron chi connectivity index (χ2n) is 9.46. The molecule has 1 aliphatic heterocycles. The van der Waals surface area contributed by atoms with E-state index in [9.17, 15) is 9.59 Å². The van der Waals surface area contributed by atoms with Crippen LogP contribution < -0.4 is 10.3 Å². The minimum atomic E-state index is -0.288. The maximum atomic E-state index is 13.4. The van der Waals surface area contributed by atoms with E-state index in [4.69, 9.17) is 0 Å². The summed E-state index contributed by atoms with van der Waals surface area (Å²) in [5.41, 5.74) is 4.10. The van der Waals surface area contributed by atoms with Crippen LogP contribution in [-0.2, 0) is 0 Å². The Hall–Kier alpha value is -4.01. The summed E-state index contributed by atoms with van der Waals surface area (Å²) in [5.74, 6) is 1.15. The molecule has 0 radical (unpaired) electrons. The maximum absolute atomic E-state index is 13.4. The average molecular weight is 470 g/mol. The molecule has 1 aliphatic carbocycles. The molecule has 1 saturated heterocycles. The molecule has 0 unspecified atom stereocenters. The quantitative estimate of drug-likeness (QED) is 0.493. The molecule has 9 heteroatoms. The van der Waals surface area contributed by atoms with Crippen LogP contribution in [0.1, 0.15) is 46.1 Å². The Morgan fingerprint density at radius 2 is 1.71 bits per heavy atom. The van der Waals surface area contributed by atoms with E-state index < -0.39 is 0 Å². The van der Waals surface area contributed by atoms with Crippen molar-refractivity contribution in [2.45, 2.75) is 32.6 Å². The number of nitrogens with one attached hydrogen (secondary N) is 1. The first-order chi connectivity index (χ1) is 17.0. The molecule has 2 fully saturated rings. The number of H-pyrrole nitrogens is 1. The molecule has 4 heterocycles. The van der Waals surface area contributed by atoms with Gasteiger partial charge in [-0.15, -0.1) is 5.10 Å². The number of nitrogens with zero attached hydrogens (tertiary/aromatic N) is 6. The lowest BCUT2D eigenvalue weighted by Crippen LogP contribution is -2.49. The van der Waals surface area contributed by atoms with E-state index in [0.717, 1.165) is 22.8 Å². The van der Waals surface area contributed by atoms with Gasteiger partial charge in [0.2, 0.25) is 5.43 Å². The standard InChI is InChI=1S/C26H27N7O2/c1-16-3-7-19(8-4-16)33-25-23(17(2)30-33)24(34)20(15-27-25)26(35)32-13-11-31(12-14-32)22-10-9-21(28-29-22)18-5-6-18/h3-4,7-10,15,18H,5-6,11-14H2,1-2H3,(H,27,34). The number of aryl methyl sites for hydroxylation is 2. The number of carbonyl (C=O) groups is 1. The SMILES string of the molecule is Cc1ccc(-n2nc(C)c3c(=O)c(C(=O)N4CCN(c5ccc(C6CC6)nn5)CC4)c[nH]c32)cc1. The molecule has 1 N–H and O–H groups in total. The lowest BCUT2D eigenvalue weighted by molar-refractivity contribution is 0.0745. The summed E-state index contributed by atoms with van der Waals surface area (Å²) < 4.78 is 1.72. The molecule has 9 nitrogen and oxygen atoms in total. The van der Waals surface area contributed by atoms with Crippen LogP contribution in [0.2, 0.25) is 0 Å². The van der Waals surface area contributed by atoms with Crippen LogP contribution in [0.3, 0.4) is 0 Å². The van der Waals surface area contributed by atoms with Crippen molar-refractivity contribution in [1.82, 2.24) is 29.9 Å². The molecule has 3 aromatic heterocycles. The Kier molecular flexibility index (Phi) is 5.12. The molecule has 1 saturated carbocycles. The fourth-order valence-electron chi connectivity index (χ4n) is 4.71. The van der Waals surface area contributed by atoms with Gasteiger partial charge in [0.25, 0.3) is 5.91 Å². The van der Waals surface area contributed by atoms with E-state index in [1.807, 2.05) is 37.3 Å². The molecule has 178 valence electrons. The van der Waals surface area contributed by atoms with Crippen molar-refractivity contribution in [2.24, 2.45) is 0 Å². The number of pyridine rings is 1. The molecular weight excluding hydrogens is 442 g/mol. The maximum Gasteiger partial charge on any atom is 0.259 e. The molecule has 0 atom stereocenters. The van der Waals surface area contributed by atoms with Crippen LogP contribution in [0.25, 0.3) is 16.7 Å². The van der Waals surface area contributed by atoms with Crippen LogP contribution in [-0.4, -0.2) is 61.9 Å². The van der Waals surface area contributed by atoms with Gasteiger partial charge in [0.15, 0.2) is 5.82 Å². The number of aromatic nitrogens is 5. The predicted octanol–water partition coefficient (Wildman–Crippen LogP) is 2.96. The zero-order valence-electron chi connectivity index (χ0n) is 19.9. The van der Waals surface area contributed by atoms with Gasteiger partial charge in [0, 0.05) is 38.3 Å². The number of rotatable bonds is 4. The zero-order valence-corrected chi connectivity index (χ0v) is 19.9. The first-order valence-corrected chi connectivity index (χ1v) is 12.1. The van der Waals surface area contributed by atoms with Crippen molar-refractivity contribution in [1.29, 1.82) is 0 Å². The van der Waals surface area contributed by atoms with Crippen molar-refractivity contribution >= 4 is 22.8 Å². The van der Waals surface area contributed by atoms with Crippen molar-refractivity contribution in [2.75, 3.05) is 31.1 Å². The molecule has 2 aliphatic rings. The Morgan fingerprint density at radius 3 is 2.37 bits per heavy atom. The highest BCUT2D eigenvalue weighted by Crippen LogP contribution is 2.38. The summed E-state index contributed by atoms with van der Waals surface area (Å²) in [6.45, 7) is 6.15. The fourth-order valence-corrected chi connectivity index (χ4v) is 4.71. The molecule has 35 heavy (non-hydrogen) atoms. The number of benzene rings is 1. The molecule has 6 rings (SSSR count). The molecule has 1 amide bonds. The minimum Gasteiger partial charge on any atom is -0.352 e. The van der Waals surface area contributed by atoms with Crippen LogP contribution in [0, 0.1) is 13.8 Å². The Morgan fingerprint density at radius 1 is 0.971 bits per heavy atom. The fraction of sp³-hybridized carbons (Fsp3) is 0.346. The smallest absolute Gasteiger partial charge is 0.259 e. The average Bonchev–Trinajstić information content (AvgIpc) is 3.68. The summed E-state index contributed by atoms with van der Waals surface area (Å²) in [5, 5.41) is 13.8. The van der Waals surface area contributed by atoms with Crippen molar-refractivity contribution in [3.05, 3.63) is 75.3 Å². The Bertz CT molecular complexity index is 1460. The van der Waals surface area contributed by atoms with Crippen molar-refractivity contribution in [3.63, 3.8) is 0 Å².